The van der Waals surface area contributed by atoms with E-state index in [0.717, 1.165) is 39.5 Å². The smallest absolute Gasteiger partial charge is 0.310 e. The van der Waals surface area contributed by atoms with Crippen molar-refractivity contribution < 1.29 is 14.3 Å². The molecule has 0 aliphatic carbocycles. The molecular formula is C26H24N2O3. The number of para-hydroxylation sites is 1. The van der Waals surface area contributed by atoms with Gasteiger partial charge in [0.05, 0.1) is 37.2 Å². The van der Waals surface area contributed by atoms with Crippen LogP contribution in [0.1, 0.15) is 12.5 Å². The molecule has 1 aromatic heterocycles. The lowest BCUT2D eigenvalue weighted by atomic mass is 9.99. The molecule has 156 valence electrons. The lowest BCUT2D eigenvalue weighted by molar-refractivity contribution is -0.142. The molecule has 0 radical (unpaired) electrons. The first-order valence-electron chi connectivity index (χ1n) is 10.2. The molecule has 5 nitrogen and oxygen atoms in total. The average Bonchev–Trinajstić information content (AvgIpc) is 3.19. The number of benzene rings is 3. The van der Waals surface area contributed by atoms with E-state index in [1.165, 1.54) is 0 Å². The standard InChI is InChI=1S/C26H24N2O3/c1-3-31-24(29)18-23-25(19-10-6-4-7-11-19)27-28(21-12-8-5-9-13-21)26(23)20-14-16-22(30-2)17-15-20/h4-17H,3,18H2,1-2H3. The van der Waals surface area contributed by atoms with Crippen molar-refractivity contribution in [1.82, 2.24) is 9.78 Å². The third-order valence-corrected chi connectivity index (χ3v) is 5.02. The van der Waals surface area contributed by atoms with Crippen molar-refractivity contribution in [2.75, 3.05) is 13.7 Å². The highest BCUT2D eigenvalue weighted by molar-refractivity contribution is 5.83. The first-order valence-corrected chi connectivity index (χ1v) is 10.2. The monoisotopic (exact) mass is 412 g/mol. The van der Waals surface area contributed by atoms with E-state index in [9.17, 15) is 4.79 Å². The second-order valence-electron chi connectivity index (χ2n) is 7.00. The Labute approximate surface area is 181 Å². The van der Waals surface area contributed by atoms with Gasteiger partial charge in [-0.2, -0.15) is 5.10 Å². The van der Waals surface area contributed by atoms with Gasteiger partial charge in [-0.1, -0.05) is 48.5 Å². The fourth-order valence-corrected chi connectivity index (χ4v) is 3.60. The summed E-state index contributed by atoms with van der Waals surface area (Å²) in [5.74, 6) is 0.492. The van der Waals surface area contributed by atoms with Crippen molar-refractivity contribution in [3.63, 3.8) is 0 Å². The van der Waals surface area contributed by atoms with Crippen molar-refractivity contribution in [3.05, 3.63) is 90.5 Å². The zero-order valence-corrected chi connectivity index (χ0v) is 17.6. The minimum Gasteiger partial charge on any atom is -0.497 e. The predicted octanol–water partition coefficient (Wildman–Crippen LogP) is 5.32. The van der Waals surface area contributed by atoms with Gasteiger partial charge in [-0.15, -0.1) is 0 Å². The van der Waals surface area contributed by atoms with Gasteiger partial charge in [-0.25, -0.2) is 4.68 Å². The molecule has 0 aliphatic rings. The van der Waals surface area contributed by atoms with Crippen LogP contribution in [0, 0.1) is 0 Å². The van der Waals surface area contributed by atoms with Gasteiger partial charge in [0.25, 0.3) is 0 Å². The van der Waals surface area contributed by atoms with Crippen LogP contribution in [0.5, 0.6) is 5.75 Å². The van der Waals surface area contributed by atoms with Crippen LogP contribution in [0.3, 0.4) is 0 Å². The molecule has 5 heteroatoms. The Bertz CT molecular complexity index is 1150. The summed E-state index contributed by atoms with van der Waals surface area (Å²) in [6, 6.07) is 27.6. The predicted molar refractivity (Wildman–Crippen MR) is 121 cm³/mol. The van der Waals surface area contributed by atoms with Gasteiger partial charge in [0.1, 0.15) is 5.75 Å². The molecule has 0 unspecified atom stereocenters. The third kappa shape index (κ3) is 4.36. The average molecular weight is 412 g/mol. The molecule has 0 aliphatic heterocycles. The fourth-order valence-electron chi connectivity index (χ4n) is 3.60. The molecule has 0 fully saturated rings. The van der Waals surface area contributed by atoms with Crippen molar-refractivity contribution in [2.24, 2.45) is 0 Å². The number of ether oxygens (including phenoxy) is 2. The molecule has 0 spiro atoms. The fraction of sp³-hybridized carbons (Fsp3) is 0.154. The van der Waals surface area contributed by atoms with E-state index in [2.05, 4.69) is 0 Å². The van der Waals surface area contributed by atoms with Crippen LogP contribution in [-0.4, -0.2) is 29.5 Å². The first kappa shape index (κ1) is 20.4. The van der Waals surface area contributed by atoms with Crippen LogP contribution >= 0.6 is 0 Å². The Morgan fingerprint density at radius 3 is 2.13 bits per heavy atom. The lowest BCUT2D eigenvalue weighted by Crippen LogP contribution is -2.09. The molecule has 0 N–H and O–H groups in total. The highest BCUT2D eigenvalue weighted by Gasteiger charge is 2.24. The first-order chi connectivity index (χ1) is 15.2. The Kier molecular flexibility index (Phi) is 6.13. The van der Waals surface area contributed by atoms with E-state index in [4.69, 9.17) is 14.6 Å². The zero-order chi connectivity index (χ0) is 21.6. The van der Waals surface area contributed by atoms with Crippen molar-refractivity contribution in [3.8, 4) is 34.0 Å². The second-order valence-corrected chi connectivity index (χ2v) is 7.00. The molecule has 0 bridgehead atoms. The summed E-state index contributed by atoms with van der Waals surface area (Å²) in [6.07, 6.45) is 0.131. The topological polar surface area (TPSA) is 53.3 Å². The Morgan fingerprint density at radius 1 is 0.871 bits per heavy atom. The van der Waals surface area contributed by atoms with E-state index in [1.54, 1.807) is 7.11 Å². The van der Waals surface area contributed by atoms with Gasteiger partial charge in [0.15, 0.2) is 0 Å². The van der Waals surface area contributed by atoms with Crippen LogP contribution in [0.2, 0.25) is 0 Å². The lowest BCUT2D eigenvalue weighted by Gasteiger charge is -2.11. The van der Waals surface area contributed by atoms with E-state index in [-0.39, 0.29) is 12.4 Å². The number of rotatable bonds is 7. The minimum atomic E-state index is -0.276. The van der Waals surface area contributed by atoms with Crippen LogP contribution in [-0.2, 0) is 16.0 Å². The largest absolute Gasteiger partial charge is 0.497 e. The normalized spacial score (nSPS) is 10.6. The minimum absolute atomic E-state index is 0.131. The van der Waals surface area contributed by atoms with Gasteiger partial charge in [0.2, 0.25) is 0 Å². The highest BCUT2D eigenvalue weighted by atomic mass is 16.5. The molecule has 3 aromatic carbocycles. The third-order valence-electron chi connectivity index (χ3n) is 5.02. The Hall–Kier alpha value is -3.86. The van der Waals surface area contributed by atoms with Crippen LogP contribution < -0.4 is 4.74 Å². The summed E-state index contributed by atoms with van der Waals surface area (Å²) in [5.41, 5.74) is 5.27. The number of esters is 1. The van der Waals surface area contributed by atoms with Crippen molar-refractivity contribution in [2.45, 2.75) is 13.3 Å². The maximum absolute atomic E-state index is 12.5. The summed E-state index contributed by atoms with van der Waals surface area (Å²) in [4.78, 5) is 12.5. The number of hydrogen-bond acceptors (Lipinski definition) is 4. The summed E-state index contributed by atoms with van der Waals surface area (Å²) in [6.45, 7) is 2.15. The SMILES string of the molecule is CCOC(=O)Cc1c(-c2ccccc2)nn(-c2ccccc2)c1-c1ccc(OC)cc1. The number of aromatic nitrogens is 2. The number of carbonyl (C=O) groups excluding carboxylic acids is 1. The van der Waals surface area contributed by atoms with Crippen molar-refractivity contribution in [1.29, 1.82) is 0 Å². The van der Waals surface area contributed by atoms with E-state index in [1.807, 2.05) is 96.5 Å². The molecule has 4 rings (SSSR count). The van der Waals surface area contributed by atoms with Gasteiger partial charge in [0, 0.05) is 16.7 Å². The van der Waals surface area contributed by atoms with Crippen molar-refractivity contribution >= 4 is 5.97 Å². The molecule has 0 atom stereocenters. The molecule has 4 aromatic rings. The Morgan fingerprint density at radius 2 is 1.52 bits per heavy atom. The van der Waals surface area contributed by atoms with Crippen LogP contribution in [0.25, 0.3) is 28.2 Å². The van der Waals surface area contributed by atoms with Gasteiger partial charge < -0.3 is 9.47 Å². The number of hydrogen-bond donors (Lipinski definition) is 0. The maximum Gasteiger partial charge on any atom is 0.310 e. The second kappa shape index (κ2) is 9.30. The van der Waals surface area contributed by atoms with E-state index < -0.39 is 0 Å². The van der Waals surface area contributed by atoms with E-state index >= 15 is 0 Å². The molecule has 0 amide bonds. The zero-order valence-electron chi connectivity index (χ0n) is 17.6. The summed E-state index contributed by atoms with van der Waals surface area (Å²) in [5, 5.41) is 4.96. The molecular weight excluding hydrogens is 388 g/mol. The van der Waals surface area contributed by atoms with Crippen LogP contribution in [0.4, 0.5) is 0 Å². The highest BCUT2D eigenvalue weighted by Crippen LogP contribution is 2.35. The molecule has 31 heavy (non-hydrogen) atoms. The van der Waals surface area contributed by atoms with E-state index in [0.29, 0.717) is 6.61 Å². The van der Waals surface area contributed by atoms with Gasteiger partial charge in [-0.3, -0.25) is 4.79 Å². The summed E-state index contributed by atoms with van der Waals surface area (Å²) >= 11 is 0. The quantitative estimate of drug-likeness (QED) is 0.386. The summed E-state index contributed by atoms with van der Waals surface area (Å²) < 4.78 is 12.5. The molecule has 1 heterocycles. The van der Waals surface area contributed by atoms with Gasteiger partial charge >= 0.3 is 5.97 Å². The molecule has 0 saturated carbocycles. The maximum atomic E-state index is 12.5. The van der Waals surface area contributed by atoms with Gasteiger partial charge in [-0.05, 0) is 43.3 Å². The number of nitrogens with zero attached hydrogens (tertiary/aromatic N) is 2. The molecule has 0 saturated heterocycles. The number of carbonyl (C=O) groups is 1. The Balaban J connectivity index is 1.97. The van der Waals surface area contributed by atoms with Crippen LogP contribution in [0.15, 0.2) is 84.9 Å². The number of methoxy groups -OCH3 is 1. The summed E-state index contributed by atoms with van der Waals surface area (Å²) in [7, 11) is 1.64.